The fourth-order valence-corrected chi connectivity index (χ4v) is 3.10. The first-order valence-electron chi connectivity index (χ1n) is 7.17. The fourth-order valence-electron chi connectivity index (χ4n) is 2.16. The van der Waals surface area contributed by atoms with Crippen LogP contribution < -0.4 is 10.3 Å². The van der Waals surface area contributed by atoms with E-state index >= 15 is 0 Å². The van der Waals surface area contributed by atoms with E-state index in [9.17, 15) is 13.6 Å². The van der Waals surface area contributed by atoms with Gasteiger partial charge >= 0.3 is 0 Å². The Balaban J connectivity index is 1.90. The molecule has 4 nitrogen and oxygen atoms in total. The Labute approximate surface area is 165 Å². The highest BCUT2D eigenvalue weighted by molar-refractivity contribution is 9.10. The zero-order chi connectivity index (χ0) is 18.8. The predicted octanol–water partition coefficient (Wildman–Crippen LogP) is 5.16. The molecule has 0 atom stereocenters. The molecular formula is C17H9BrCl2F2N2O2. The molecule has 0 saturated heterocycles. The van der Waals surface area contributed by atoms with Gasteiger partial charge in [-0.25, -0.2) is 8.78 Å². The van der Waals surface area contributed by atoms with Crippen molar-refractivity contribution in [3.63, 3.8) is 0 Å². The molecule has 0 fully saturated rings. The van der Waals surface area contributed by atoms with Crippen LogP contribution in [-0.4, -0.2) is 9.78 Å². The highest BCUT2D eigenvalue weighted by Crippen LogP contribution is 2.28. The molecule has 3 rings (SSSR count). The minimum atomic E-state index is -0.980. The van der Waals surface area contributed by atoms with Gasteiger partial charge in [-0.15, -0.1) is 0 Å². The highest BCUT2D eigenvalue weighted by Gasteiger charge is 2.16. The fraction of sp³-hybridized carbons (Fsp3) is 0.0588. The molecule has 0 radical (unpaired) electrons. The molecule has 0 saturated carbocycles. The predicted molar refractivity (Wildman–Crippen MR) is 98.2 cm³/mol. The summed E-state index contributed by atoms with van der Waals surface area (Å²) < 4.78 is 32.8. The third-order valence-corrected chi connectivity index (χ3v) is 4.75. The molecule has 0 N–H and O–H groups in total. The summed E-state index contributed by atoms with van der Waals surface area (Å²) in [5, 5.41) is 4.54. The summed E-state index contributed by atoms with van der Waals surface area (Å²) in [6.45, 7) is -0.0756. The van der Waals surface area contributed by atoms with Crippen LogP contribution in [0.1, 0.15) is 5.56 Å². The molecule has 0 aliphatic carbocycles. The summed E-state index contributed by atoms with van der Waals surface area (Å²) in [6, 6.07) is 8.20. The summed E-state index contributed by atoms with van der Waals surface area (Å²) in [4.78, 5) is 12.6. The number of rotatable bonds is 4. The van der Waals surface area contributed by atoms with Crippen LogP contribution in [-0.2, 0) is 6.61 Å². The lowest BCUT2D eigenvalue weighted by molar-refractivity contribution is 0.300. The van der Waals surface area contributed by atoms with Gasteiger partial charge in [-0.3, -0.25) is 4.79 Å². The van der Waals surface area contributed by atoms with Gasteiger partial charge < -0.3 is 4.74 Å². The van der Waals surface area contributed by atoms with E-state index in [4.69, 9.17) is 27.9 Å². The van der Waals surface area contributed by atoms with E-state index in [0.717, 1.165) is 16.8 Å². The maximum Gasteiger partial charge on any atom is 0.289 e. The monoisotopic (exact) mass is 460 g/mol. The van der Waals surface area contributed by atoms with Gasteiger partial charge in [0.1, 0.15) is 16.8 Å². The third kappa shape index (κ3) is 3.75. The van der Waals surface area contributed by atoms with Crippen molar-refractivity contribution in [1.82, 2.24) is 9.78 Å². The van der Waals surface area contributed by atoms with E-state index in [1.807, 2.05) is 0 Å². The Morgan fingerprint density at radius 3 is 2.46 bits per heavy atom. The zero-order valence-corrected chi connectivity index (χ0v) is 15.9. The molecule has 1 heterocycles. The molecule has 3 aromatic rings. The zero-order valence-electron chi connectivity index (χ0n) is 12.8. The lowest BCUT2D eigenvalue weighted by Gasteiger charge is -2.12. The molecule has 0 amide bonds. The summed E-state index contributed by atoms with van der Waals surface area (Å²) in [5.74, 6) is -1.79. The summed E-state index contributed by atoms with van der Waals surface area (Å²) in [6.07, 6.45) is 1.30. The number of para-hydroxylation sites is 1. The van der Waals surface area contributed by atoms with Gasteiger partial charge in [-0.05, 0) is 45.8 Å². The summed E-state index contributed by atoms with van der Waals surface area (Å²) >= 11 is 15.4. The Morgan fingerprint density at radius 2 is 1.81 bits per heavy atom. The minimum Gasteiger partial charge on any atom is -0.486 e. The summed E-state index contributed by atoms with van der Waals surface area (Å²) in [7, 11) is 0. The van der Waals surface area contributed by atoms with Crippen LogP contribution >= 0.6 is 39.1 Å². The number of hydrogen-bond acceptors (Lipinski definition) is 3. The number of hydrogen-bond donors (Lipinski definition) is 0. The molecule has 0 aliphatic rings. The van der Waals surface area contributed by atoms with Gasteiger partial charge in [0.05, 0.1) is 16.2 Å². The molecule has 0 unspecified atom stereocenters. The molecule has 0 bridgehead atoms. The quantitative estimate of drug-likeness (QED) is 0.539. The van der Waals surface area contributed by atoms with Crippen LogP contribution in [0.3, 0.4) is 0 Å². The molecule has 0 aliphatic heterocycles. The Bertz CT molecular complexity index is 1020. The molecule has 0 spiro atoms. The normalized spacial score (nSPS) is 10.8. The molecular weight excluding hydrogens is 453 g/mol. The maximum atomic E-state index is 13.2. The number of ether oxygens (including phenoxy) is 1. The van der Waals surface area contributed by atoms with Crippen LogP contribution in [0.4, 0.5) is 8.78 Å². The first-order chi connectivity index (χ1) is 12.4. The average Bonchev–Trinajstić information content (AvgIpc) is 2.60. The molecule has 9 heteroatoms. The topological polar surface area (TPSA) is 44.1 Å². The Hall–Kier alpha value is -1.96. The van der Waals surface area contributed by atoms with E-state index in [2.05, 4.69) is 21.0 Å². The van der Waals surface area contributed by atoms with Crippen LogP contribution in [0.5, 0.6) is 5.75 Å². The molecule has 1 aromatic heterocycles. The second-order valence-corrected chi connectivity index (χ2v) is 6.75. The van der Waals surface area contributed by atoms with Gasteiger partial charge in [-0.1, -0.05) is 35.3 Å². The second-order valence-electron chi connectivity index (χ2n) is 5.15. The van der Waals surface area contributed by atoms with Crippen molar-refractivity contribution in [3.05, 3.63) is 84.7 Å². The number of benzene rings is 2. The van der Waals surface area contributed by atoms with Gasteiger partial charge in [0.15, 0.2) is 17.4 Å². The first-order valence-corrected chi connectivity index (χ1v) is 8.72. The van der Waals surface area contributed by atoms with Crippen LogP contribution in [0.25, 0.3) is 5.69 Å². The lowest BCUT2D eigenvalue weighted by atomic mass is 10.2. The van der Waals surface area contributed by atoms with Gasteiger partial charge in [0, 0.05) is 0 Å². The highest BCUT2D eigenvalue weighted by atomic mass is 79.9. The SMILES string of the molecule is O=c1c(Br)c(OCc2ccc(F)c(F)c2)cnn1-c1c(Cl)cccc1Cl. The van der Waals surface area contributed by atoms with E-state index in [-0.39, 0.29) is 32.6 Å². The van der Waals surface area contributed by atoms with Crippen LogP contribution in [0.2, 0.25) is 10.0 Å². The second kappa shape index (κ2) is 7.73. The smallest absolute Gasteiger partial charge is 0.289 e. The Kier molecular flexibility index (Phi) is 5.60. The number of aromatic nitrogens is 2. The Morgan fingerprint density at radius 1 is 1.12 bits per heavy atom. The maximum absolute atomic E-state index is 13.2. The van der Waals surface area contributed by atoms with Crippen LogP contribution in [0.15, 0.2) is 51.9 Å². The van der Waals surface area contributed by atoms with E-state index in [0.29, 0.717) is 5.56 Å². The third-order valence-electron chi connectivity index (χ3n) is 3.41. The van der Waals surface area contributed by atoms with E-state index in [1.54, 1.807) is 18.2 Å². The molecule has 2 aromatic carbocycles. The van der Waals surface area contributed by atoms with Crippen LogP contribution in [0, 0.1) is 11.6 Å². The minimum absolute atomic E-state index is 0.0756. The van der Waals surface area contributed by atoms with E-state index < -0.39 is 17.2 Å². The standard InChI is InChI=1S/C17H9BrCl2F2N2O2/c18-15-14(26-8-9-4-5-12(21)13(22)6-9)7-23-24(17(15)25)16-10(19)2-1-3-11(16)20/h1-7H,8H2. The largest absolute Gasteiger partial charge is 0.486 e. The first kappa shape index (κ1) is 18.8. The lowest BCUT2D eigenvalue weighted by Crippen LogP contribution is -2.23. The number of halogens is 5. The van der Waals surface area contributed by atoms with Gasteiger partial charge in [0.2, 0.25) is 0 Å². The van der Waals surface area contributed by atoms with Crippen molar-refractivity contribution in [3.8, 4) is 11.4 Å². The van der Waals surface area contributed by atoms with Crippen molar-refractivity contribution in [2.45, 2.75) is 6.61 Å². The molecule has 134 valence electrons. The van der Waals surface area contributed by atoms with Gasteiger partial charge in [0.25, 0.3) is 5.56 Å². The van der Waals surface area contributed by atoms with Crippen molar-refractivity contribution < 1.29 is 13.5 Å². The summed E-state index contributed by atoms with van der Waals surface area (Å²) in [5.41, 5.74) is 0.102. The molecule has 26 heavy (non-hydrogen) atoms. The van der Waals surface area contributed by atoms with Crippen molar-refractivity contribution in [1.29, 1.82) is 0 Å². The number of nitrogens with zero attached hydrogens (tertiary/aromatic N) is 2. The van der Waals surface area contributed by atoms with Crippen molar-refractivity contribution in [2.75, 3.05) is 0 Å². The van der Waals surface area contributed by atoms with Crippen molar-refractivity contribution in [2.24, 2.45) is 0 Å². The van der Waals surface area contributed by atoms with Crippen molar-refractivity contribution >= 4 is 39.1 Å². The average molecular weight is 462 g/mol. The van der Waals surface area contributed by atoms with Gasteiger partial charge in [-0.2, -0.15) is 9.78 Å². The van der Waals surface area contributed by atoms with E-state index in [1.165, 1.54) is 12.3 Å².